The minimum Gasteiger partial charge on any atom is -0.492 e. The normalized spacial score (nSPS) is 14.8. The summed E-state index contributed by atoms with van der Waals surface area (Å²) in [5, 5.41) is 6.48. The van der Waals surface area contributed by atoms with Crippen molar-refractivity contribution in [3.63, 3.8) is 0 Å². The third kappa shape index (κ3) is 7.59. The molecular formula is C24H30BrN3O2S. The van der Waals surface area contributed by atoms with E-state index in [9.17, 15) is 4.79 Å². The molecule has 1 fully saturated rings. The third-order valence-electron chi connectivity index (χ3n) is 5.35. The van der Waals surface area contributed by atoms with E-state index in [1.54, 1.807) is 12.1 Å². The number of nitrogens with one attached hydrogen (secondary N) is 2. The average Bonchev–Trinajstić information content (AvgIpc) is 2.77. The van der Waals surface area contributed by atoms with Crippen LogP contribution in [0.2, 0.25) is 0 Å². The molecule has 1 heterocycles. The first-order valence-electron chi connectivity index (χ1n) is 10.9. The van der Waals surface area contributed by atoms with Crippen LogP contribution in [0.25, 0.3) is 0 Å². The number of ether oxygens (including phenoxy) is 1. The molecule has 0 aliphatic carbocycles. The summed E-state index contributed by atoms with van der Waals surface area (Å²) in [7, 11) is 0. The fourth-order valence-corrected chi connectivity index (χ4v) is 4.31. The molecule has 31 heavy (non-hydrogen) atoms. The minimum absolute atomic E-state index is 0.222. The van der Waals surface area contributed by atoms with Crippen molar-refractivity contribution < 1.29 is 9.53 Å². The minimum atomic E-state index is -0.222. The van der Waals surface area contributed by atoms with E-state index in [-0.39, 0.29) is 11.9 Å². The Balaban J connectivity index is 1.42. The number of carbonyl (C=O) groups excluding carboxylic acids is 1. The van der Waals surface area contributed by atoms with E-state index in [4.69, 9.17) is 17.0 Å². The molecule has 0 bridgehead atoms. The number of hydrogen-bond donors (Lipinski definition) is 2. The van der Waals surface area contributed by atoms with E-state index in [0.29, 0.717) is 17.3 Å². The molecule has 2 N–H and O–H groups in total. The Kier molecular flexibility index (Phi) is 9.31. The van der Waals surface area contributed by atoms with Gasteiger partial charge in [-0.15, -0.1) is 0 Å². The van der Waals surface area contributed by atoms with Crippen LogP contribution in [0.15, 0.2) is 53.0 Å². The molecule has 0 aromatic heterocycles. The van der Waals surface area contributed by atoms with Gasteiger partial charge in [-0.3, -0.25) is 15.0 Å². The molecule has 7 heteroatoms. The van der Waals surface area contributed by atoms with Gasteiger partial charge in [0.25, 0.3) is 5.91 Å². The van der Waals surface area contributed by atoms with Crippen LogP contribution >= 0.6 is 28.1 Å². The number of benzene rings is 2. The SMILES string of the molecule is CCCCOc1ccc(C(=O)NC(=S)NC2CCN(Cc3ccccc3)CC2)cc1Br. The van der Waals surface area contributed by atoms with Crippen LogP contribution in [0.5, 0.6) is 5.75 Å². The van der Waals surface area contributed by atoms with Gasteiger partial charge in [0.2, 0.25) is 0 Å². The summed E-state index contributed by atoms with van der Waals surface area (Å²) in [5.41, 5.74) is 1.88. The molecule has 0 unspecified atom stereocenters. The number of thiocarbonyl (C=S) groups is 1. The highest BCUT2D eigenvalue weighted by molar-refractivity contribution is 9.10. The van der Waals surface area contributed by atoms with Gasteiger partial charge in [0.1, 0.15) is 5.75 Å². The molecule has 1 amide bonds. The number of piperidine rings is 1. The number of likely N-dealkylation sites (tertiary alicyclic amines) is 1. The molecule has 1 aliphatic heterocycles. The summed E-state index contributed by atoms with van der Waals surface area (Å²) in [6, 6.07) is 16.1. The predicted molar refractivity (Wildman–Crippen MR) is 132 cm³/mol. The van der Waals surface area contributed by atoms with Crippen molar-refractivity contribution in [2.24, 2.45) is 0 Å². The first-order chi connectivity index (χ1) is 15.0. The Morgan fingerprint density at radius 2 is 1.94 bits per heavy atom. The second kappa shape index (κ2) is 12.2. The number of amides is 1. The standard InChI is InChI=1S/C24H30BrN3O2S/c1-2-3-15-30-22-10-9-19(16-21(22)25)23(29)27-24(31)26-20-11-13-28(14-12-20)17-18-7-5-4-6-8-18/h4-10,16,20H,2-3,11-15,17H2,1H3,(H2,26,27,29,31). The zero-order valence-corrected chi connectivity index (χ0v) is 20.3. The van der Waals surface area contributed by atoms with Crippen molar-refractivity contribution >= 4 is 39.2 Å². The van der Waals surface area contributed by atoms with Gasteiger partial charge in [-0.1, -0.05) is 43.7 Å². The second-order valence-corrected chi connectivity index (χ2v) is 9.07. The predicted octanol–water partition coefficient (Wildman–Crippen LogP) is 4.90. The largest absolute Gasteiger partial charge is 0.492 e. The quantitative estimate of drug-likeness (QED) is 0.396. The molecule has 5 nitrogen and oxygen atoms in total. The summed E-state index contributed by atoms with van der Waals surface area (Å²) in [6.07, 6.45) is 4.07. The highest BCUT2D eigenvalue weighted by atomic mass is 79.9. The number of hydrogen-bond acceptors (Lipinski definition) is 4. The third-order valence-corrected chi connectivity index (χ3v) is 6.19. The summed E-state index contributed by atoms with van der Waals surface area (Å²) in [5.74, 6) is 0.521. The molecule has 3 rings (SSSR count). The number of unbranched alkanes of at least 4 members (excludes halogenated alkanes) is 1. The summed E-state index contributed by atoms with van der Waals surface area (Å²) >= 11 is 8.87. The number of carbonyl (C=O) groups is 1. The molecule has 2 aromatic carbocycles. The van der Waals surface area contributed by atoms with Gasteiger partial charge < -0.3 is 10.1 Å². The highest BCUT2D eigenvalue weighted by Gasteiger charge is 2.20. The Morgan fingerprint density at radius 1 is 1.19 bits per heavy atom. The van der Waals surface area contributed by atoms with E-state index in [0.717, 1.165) is 55.5 Å². The molecule has 166 valence electrons. The zero-order valence-electron chi connectivity index (χ0n) is 17.9. The first kappa shape index (κ1) is 23.7. The lowest BCUT2D eigenvalue weighted by Crippen LogP contribution is -2.48. The second-order valence-electron chi connectivity index (χ2n) is 7.81. The van der Waals surface area contributed by atoms with Crippen LogP contribution in [-0.4, -0.2) is 41.7 Å². The average molecular weight is 504 g/mol. The van der Waals surface area contributed by atoms with Crippen LogP contribution in [0.4, 0.5) is 0 Å². The van der Waals surface area contributed by atoms with E-state index < -0.39 is 0 Å². The van der Waals surface area contributed by atoms with E-state index in [2.05, 4.69) is 62.7 Å². The van der Waals surface area contributed by atoms with E-state index in [1.807, 2.05) is 12.1 Å². The molecular weight excluding hydrogens is 474 g/mol. The monoisotopic (exact) mass is 503 g/mol. The molecule has 2 aromatic rings. The lowest BCUT2D eigenvalue weighted by atomic mass is 10.0. The molecule has 0 atom stereocenters. The van der Waals surface area contributed by atoms with Crippen molar-refractivity contribution in [1.82, 2.24) is 15.5 Å². The first-order valence-corrected chi connectivity index (χ1v) is 12.1. The van der Waals surface area contributed by atoms with Gasteiger partial charge in [0, 0.05) is 31.2 Å². The number of halogens is 1. The zero-order chi connectivity index (χ0) is 22.1. The highest BCUT2D eigenvalue weighted by Crippen LogP contribution is 2.26. The van der Waals surface area contributed by atoms with Gasteiger partial charge in [0.05, 0.1) is 11.1 Å². The van der Waals surface area contributed by atoms with Crippen LogP contribution in [0.3, 0.4) is 0 Å². The molecule has 1 saturated heterocycles. The number of rotatable bonds is 8. The maximum Gasteiger partial charge on any atom is 0.257 e. The van der Waals surface area contributed by atoms with Crippen LogP contribution < -0.4 is 15.4 Å². The Labute approximate surface area is 198 Å². The lowest BCUT2D eigenvalue weighted by Gasteiger charge is -2.32. The summed E-state index contributed by atoms with van der Waals surface area (Å²) in [6.45, 7) is 5.78. The summed E-state index contributed by atoms with van der Waals surface area (Å²) in [4.78, 5) is 15.0. The maximum atomic E-state index is 12.6. The Hall–Kier alpha value is -1.96. The number of nitrogens with zero attached hydrogens (tertiary/aromatic N) is 1. The van der Waals surface area contributed by atoms with Gasteiger partial charge in [-0.05, 0) is 71.2 Å². The Bertz CT molecular complexity index is 870. The van der Waals surface area contributed by atoms with Crippen molar-refractivity contribution in [2.45, 2.75) is 45.2 Å². The van der Waals surface area contributed by atoms with Gasteiger partial charge in [-0.25, -0.2) is 0 Å². The van der Waals surface area contributed by atoms with Gasteiger partial charge >= 0.3 is 0 Å². The topological polar surface area (TPSA) is 53.6 Å². The van der Waals surface area contributed by atoms with Gasteiger partial charge in [0.15, 0.2) is 5.11 Å². The van der Waals surface area contributed by atoms with E-state index in [1.165, 1.54) is 5.56 Å². The molecule has 1 aliphatic rings. The fourth-order valence-electron chi connectivity index (χ4n) is 3.56. The lowest BCUT2D eigenvalue weighted by molar-refractivity contribution is 0.0976. The van der Waals surface area contributed by atoms with Crippen molar-refractivity contribution in [3.8, 4) is 5.75 Å². The molecule has 0 spiro atoms. The van der Waals surface area contributed by atoms with Crippen LogP contribution in [0.1, 0.15) is 48.5 Å². The van der Waals surface area contributed by atoms with Crippen molar-refractivity contribution in [3.05, 3.63) is 64.1 Å². The van der Waals surface area contributed by atoms with Crippen LogP contribution in [0, 0.1) is 0 Å². The van der Waals surface area contributed by atoms with Gasteiger partial charge in [-0.2, -0.15) is 0 Å². The molecule has 0 saturated carbocycles. The van der Waals surface area contributed by atoms with Crippen molar-refractivity contribution in [2.75, 3.05) is 19.7 Å². The fraction of sp³-hybridized carbons (Fsp3) is 0.417. The maximum absolute atomic E-state index is 12.6. The van der Waals surface area contributed by atoms with E-state index >= 15 is 0 Å². The molecule has 0 radical (unpaired) electrons. The Morgan fingerprint density at radius 3 is 2.61 bits per heavy atom. The van der Waals surface area contributed by atoms with Crippen LogP contribution in [-0.2, 0) is 6.54 Å². The van der Waals surface area contributed by atoms with Crippen molar-refractivity contribution in [1.29, 1.82) is 0 Å². The smallest absolute Gasteiger partial charge is 0.257 e. The summed E-state index contributed by atoms with van der Waals surface area (Å²) < 4.78 is 6.48.